The summed E-state index contributed by atoms with van der Waals surface area (Å²) in [5, 5.41) is 18.0. The number of rotatable bonds is 7. The molecular weight excluding hydrogens is 492 g/mol. The summed E-state index contributed by atoms with van der Waals surface area (Å²) in [6, 6.07) is 43.3. The maximum Gasteiger partial charge on any atom is 0.346 e. The summed E-state index contributed by atoms with van der Waals surface area (Å²) < 4.78 is 0. The Hall–Kier alpha value is -5.40. The minimum absolute atomic E-state index is 0.288. The molecule has 40 heavy (non-hydrogen) atoms. The number of hydrogen-bond acceptors (Lipinski definition) is 3. The van der Waals surface area contributed by atoms with Crippen LogP contribution in [0.2, 0.25) is 0 Å². The van der Waals surface area contributed by atoms with Crippen molar-refractivity contribution in [1.29, 1.82) is 5.26 Å². The van der Waals surface area contributed by atoms with E-state index in [4.69, 9.17) is 10.4 Å². The van der Waals surface area contributed by atoms with Crippen LogP contribution < -0.4 is 4.90 Å². The lowest BCUT2D eigenvalue weighted by molar-refractivity contribution is -0.132. The van der Waals surface area contributed by atoms with Crippen LogP contribution in [0.3, 0.4) is 0 Å². The molecule has 0 atom stereocenters. The molecule has 0 saturated carbocycles. The summed E-state index contributed by atoms with van der Waals surface area (Å²) in [4.78, 5) is 13.3. The summed E-state index contributed by atoms with van der Waals surface area (Å²) in [5.74, 6) is -1.23. The molecule has 0 aromatic heterocycles. The van der Waals surface area contributed by atoms with Crippen LogP contribution in [-0.2, 0) is 4.79 Å². The molecule has 4 heteroatoms. The van der Waals surface area contributed by atoms with Crippen LogP contribution in [-0.4, -0.2) is 11.1 Å². The minimum atomic E-state index is -1.23. The fourth-order valence-corrected chi connectivity index (χ4v) is 4.57. The lowest BCUT2D eigenvalue weighted by Gasteiger charge is -2.26. The van der Waals surface area contributed by atoms with Crippen LogP contribution in [0.15, 0.2) is 127 Å². The van der Waals surface area contributed by atoms with E-state index in [9.17, 15) is 4.79 Å². The Morgan fingerprint density at radius 3 is 1.27 bits per heavy atom. The van der Waals surface area contributed by atoms with Gasteiger partial charge in [0, 0.05) is 17.1 Å². The van der Waals surface area contributed by atoms with Crippen molar-refractivity contribution >= 4 is 29.1 Å². The van der Waals surface area contributed by atoms with Gasteiger partial charge in [-0.1, -0.05) is 96.1 Å². The van der Waals surface area contributed by atoms with Crippen LogP contribution in [0.1, 0.15) is 16.7 Å². The lowest BCUT2D eigenvalue weighted by Crippen LogP contribution is -2.09. The van der Waals surface area contributed by atoms with Gasteiger partial charge < -0.3 is 10.0 Å². The van der Waals surface area contributed by atoms with Gasteiger partial charge in [-0.2, -0.15) is 5.26 Å². The predicted molar refractivity (Wildman–Crippen MR) is 163 cm³/mol. The lowest BCUT2D eigenvalue weighted by atomic mass is 9.99. The Balaban J connectivity index is 1.38. The summed E-state index contributed by atoms with van der Waals surface area (Å²) in [6.45, 7) is 4.20. The second kappa shape index (κ2) is 11.6. The molecule has 0 aliphatic rings. The van der Waals surface area contributed by atoms with Crippen LogP contribution >= 0.6 is 0 Å². The first-order chi connectivity index (χ1) is 19.4. The SMILES string of the molecule is Cc1ccc(N(c2ccc(C)cc2)c2ccc(-c3ccc(-c4ccc(/C=C(\C#N)C(=O)O)cc4)cc3)cc2)cc1. The van der Waals surface area contributed by atoms with Crippen molar-refractivity contribution in [3.05, 3.63) is 144 Å². The zero-order valence-corrected chi connectivity index (χ0v) is 22.4. The number of carboxylic acid groups (broad SMARTS) is 1. The molecule has 0 saturated heterocycles. The van der Waals surface area contributed by atoms with E-state index in [1.54, 1.807) is 6.07 Å². The molecule has 0 spiro atoms. The highest BCUT2D eigenvalue weighted by Crippen LogP contribution is 2.36. The summed E-state index contributed by atoms with van der Waals surface area (Å²) in [6.07, 6.45) is 1.37. The standard InChI is InChI=1S/C36H28N2O2/c1-25-3-17-33(18-4-25)38(34-19-5-26(2)6-20-34)35-21-15-31(16-22-35)30-13-11-29(12-14-30)28-9-7-27(8-10-28)23-32(24-37)36(39)40/h3-23H,1-2H3,(H,39,40)/b32-23+. The molecule has 5 rings (SSSR count). The van der Waals surface area contributed by atoms with E-state index in [0.29, 0.717) is 5.56 Å². The Labute approximate surface area is 234 Å². The molecule has 4 nitrogen and oxygen atoms in total. The monoisotopic (exact) mass is 520 g/mol. The highest BCUT2D eigenvalue weighted by atomic mass is 16.4. The van der Waals surface area contributed by atoms with E-state index < -0.39 is 5.97 Å². The predicted octanol–water partition coefficient (Wildman–Crippen LogP) is 9.10. The van der Waals surface area contributed by atoms with Crippen LogP contribution in [0.4, 0.5) is 17.1 Å². The van der Waals surface area contributed by atoms with Crippen molar-refractivity contribution in [3.63, 3.8) is 0 Å². The molecular formula is C36H28N2O2. The van der Waals surface area contributed by atoms with E-state index in [1.807, 2.05) is 24.3 Å². The normalized spacial score (nSPS) is 11.1. The number of carbonyl (C=O) groups is 1. The van der Waals surface area contributed by atoms with E-state index >= 15 is 0 Å². The quantitative estimate of drug-likeness (QED) is 0.172. The molecule has 1 N–H and O–H groups in total. The maximum absolute atomic E-state index is 11.1. The number of carboxylic acids is 1. The first-order valence-electron chi connectivity index (χ1n) is 13.0. The van der Waals surface area contributed by atoms with Gasteiger partial charge in [0.2, 0.25) is 0 Å². The molecule has 5 aromatic carbocycles. The minimum Gasteiger partial charge on any atom is -0.477 e. The van der Waals surface area contributed by atoms with Gasteiger partial charge in [0.25, 0.3) is 0 Å². The largest absolute Gasteiger partial charge is 0.477 e. The van der Waals surface area contributed by atoms with Gasteiger partial charge in [-0.3, -0.25) is 0 Å². The highest BCUT2D eigenvalue weighted by molar-refractivity contribution is 5.96. The summed E-state index contributed by atoms with van der Waals surface area (Å²) >= 11 is 0. The Morgan fingerprint density at radius 1 is 0.600 bits per heavy atom. The number of aryl methyl sites for hydroxylation is 2. The molecule has 194 valence electrons. The van der Waals surface area contributed by atoms with Crippen molar-refractivity contribution in [2.24, 2.45) is 0 Å². The molecule has 0 heterocycles. The average Bonchev–Trinajstić information content (AvgIpc) is 2.98. The number of aliphatic carboxylic acids is 1. The van der Waals surface area contributed by atoms with Gasteiger partial charge >= 0.3 is 5.97 Å². The van der Waals surface area contributed by atoms with Crippen molar-refractivity contribution in [2.45, 2.75) is 13.8 Å². The maximum atomic E-state index is 11.1. The number of benzene rings is 5. The first-order valence-corrected chi connectivity index (χ1v) is 13.0. The second-order valence-corrected chi connectivity index (χ2v) is 9.73. The number of anilines is 3. The summed E-state index contributed by atoms with van der Waals surface area (Å²) in [7, 11) is 0. The fraction of sp³-hybridized carbons (Fsp3) is 0.0556. The smallest absolute Gasteiger partial charge is 0.346 e. The molecule has 0 unspecified atom stereocenters. The number of nitriles is 1. The van der Waals surface area contributed by atoms with Gasteiger partial charge in [-0.15, -0.1) is 0 Å². The first kappa shape index (κ1) is 26.2. The Morgan fingerprint density at radius 2 is 0.925 bits per heavy atom. The van der Waals surface area contributed by atoms with Crippen molar-refractivity contribution in [1.82, 2.24) is 0 Å². The van der Waals surface area contributed by atoms with E-state index in [-0.39, 0.29) is 5.57 Å². The third kappa shape index (κ3) is 5.85. The van der Waals surface area contributed by atoms with Crippen molar-refractivity contribution in [2.75, 3.05) is 4.90 Å². The zero-order chi connectivity index (χ0) is 28.1. The van der Waals surface area contributed by atoms with Gasteiger partial charge in [0.05, 0.1) is 0 Å². The van der Waals surface area contributed by atoms with Gasteiger partial charge in [0.15, 0.2) is 0 Å². The zero-order valence-electron chi connectivity index (χ0n) is 22.4. The van der Waals surface area contributed by atoms with Crippen LogP contribution in [0.25, 0.3) is 28.3 Å². The van der Waals surface area contributed by atoms with Crippen molar-refractivity contribution < 1.29 is 9.90 Å². The van der Waals surface area contributed by atoms with Crippen molar-refractivity contribution in [3.8, 4) is 28.3 Å². The molecule has 5 aromatic rings. The molecule has 0 aliphatic heterocycles. The third-order valence-electron chi connectivity index (χ3n) is 6.83. The van der Waals surface area contributed by atoms with E-state index in [1.165, 1.54) is 17.2 Å². The van der Waals surface area contributed by atoms with E-state index in [2.05, 4.69) is 116 Å². The van der Waals surface area contributed by atoms with Crippen LogP contribution in [0.5, 0.6) is 0 Å². The van der Waals surface area contributed by atoms with Gasteiger partial charge in [-0.25, -0.2) is 4.79 Å². The number of hydrogen-bond donors (Lipinski definition) is 1. The topological polar surface area (TPSA) is 64.3 Å². The highest BCUT2D eigenvalue weighted by Gasteiger charge is 2.13. The summed E-state index contributed by atoms with van der Waals surface area (Å²) in [5.41, 5.74) is 10.5. The number of nitrogens with zero attached hydrogens (tertiary/aromatic N) is 2. The van der Waals surface area contributed by atoms with E-state index in [0.717, 1.165) is 39.3 Å². The second-order valence-electron chi connectivity index (χ2n) is 9.73. The molecule has 0 radical (unpaired) electrons. The Kier molecular flexibility index (Phi) is 7.57. The molecule has 0 amide bonds. The fourth-order valence-electron chi connectivity index (χ4n) is 4.57. The van der Waals surface area contributed by atoms with Crippen LogP contribution in [0, 0.1) is 25.2 Å². The van der Waals surface area contributed by atoms with Gasteiger partial charge in [0.1, 0.15) is 11.6 Å². The molecule has 0 aliphatic carbocycles. The third-order valence-corrected chi connectivity index (χ3v) is 6.83. The molecule has 0 bridgehead atoms. The Bertz CT molecular complexity index is 1650. The molecule has 0 fully saturated rings. The van der Waals surface area contributed by atoms with Gasteiger partial charge in [-0.05, 0) is 84.1 Å². The average molecular weight is 521 g/mol.